The van der Waals surface area contributed by atoms with Crippen molar-refractivity contribution in [2.24, 2.45) is 4.99 Å². The summed E-state index contributed by atoms with van der Waals surface area (Å²) in [6.45, 7) is 11.3. The van der Waals surface area contributed by atoms with Gasteiger partial charge in [0.15, 0.2) is 6.34 Å². The van der Waals surface area contributed by atoms with Gasteiger partial charge in [-0.1, -0.05) is 31.5 Å². The summed E-state index contributed by atoms with van der Waals surface area (Å²) in [4.78, 5) is 4.80. The van der Waals surface area contributed by atoms with E-state index in [1.165, 1.54) is 46.2 Å². The molecule has 2 nitrogen and oxygen atoms in total. The highest BCUT2D eigenvalue weighted by Crippen LogP contribution is 2.43. The summed E-state index contributed by atoms with van der Waals surface area (Å²) in [6, 6.07) is 11.9. The second-order valence-corrected chi connectivity index (χ2v) is 8.40. The van der Waals surface area contributed by atoms with E-state index in [4.69, 9.17) is 4.99 Å². The van der Waals surface area contributed by atoms with Crippen LogP contribution in [0.2, 0.25) is 0 Å². The highest BCUT2D eigenvalue weighted by Gasteiger charge is 2.37. The molecule has 1 heterocycles. The summed E-state index contributed by atoms with van der Waals surface area (Å²) in [7, 11) is 4.52. The molecule has 0 bridgehead atoms. The van der Waals surface area contributed by atoms with E-state index in [1.54, 1.807) is 0 Å². The molecule has 1 atom stereocenters. The molecular weight excluding hydrogens is 316 g/mol. The van der Waals surface area contributed by atoms with Crippen LogP contribution in [0.25, 0.3) is 0 Å². The van der Waals surface area contributed by atoms with Gasteiger partial charge in [0.25, 0.3) is 0 Å². The normalized spacial score (nSPS) is 18.2. The molecule has 138 valence electrons. The van der Waals surface area contributed by atoms with Crippen LogP contribution < -0.4 is 0 Å². The average Bonchev–Trinajstić information content (AvgIpc) is 2.59. The Kier molecular flexibility index (Phi) is 5.07. The predicted molar refractivity (Wildman–Crippen MR) is 113 cm³/mol. The van der Waals surface area contributed by atoms with Gasteiger partial charge in [-0.2, -0.15) is 0 Å². The fourth-order valence-electron chi connectivity index (χ4n) is 4.44. The topological polar surface area (TPSA) is 12.4 Å². The van der Waals surface area contributed by atoms with Gasteiger partial charge in [0.1, 0.15) is 6.04 Å². The minimum Gasteiger partial charge on any atom is -0.276 e. The molecule has 0 fully saturated rings. The molecule has 1 aliphatic rings. The smallest absolute Gasteiger partial charge is 0.190 e. The molecule has 1 aliphatic heterocycles. The van der Waals surface area contributed by atoms with Crippen LogP contribution in [-0.2, 0) is 0 Å². The van der Waals surface area contributed by atoms with Crippen molar-refractivity contribution in [2.45, 2.75) is 59.4 Å². The predicted octanol–water partition coefficient (Wildman–Crippen LogP) is 6.35. The zero-order valence-corrected chi connectivity index (χ0v) is 17.4. The molecule has 1 unspecified atom stereocenters. The van der Waals surface area contributed by atoms with E-state index in [-0.39, 0.29) is 6.04 Å². The Bertz CT molecular complexity index is 842. The summed E-state index contributed by atoms with van der Waals surface area (Å²) in [6.07, 6.45) is 4.47. The molecule has 2 heteroatoms. The summed E-state index contributed by atoms with van der Waals surface area (Å²) in [5, 5.41) is 0. The maximum Gasteiger partial charge on any atom is 0.190 e. The standard InChI is InChI=1S/C24H33N2/c1-8-19(9-2)20-10-11-23-22(14-20)24(26(6,7)15-25-23)21-13-16(3)12-17(4)18(21)5/h10-15,19,24H,8-9H2,1-7H3/q+1. The van der Waals surface area contributed by atoms with E-state index in [0.29, 0.717) is 5.92 Å². The lowest BCUT2D eigenvalue weighted by atomic mass is 9.85. The highest BCUT2D eigenvalue weighted by molar-refractivity contribution is 5.65. The van der Waals surface area contributed by atoms with Gasteiger partial charge in [-0.3, -0.25) is 4.48 Å². The van der Waals surface area contributed by atoms with E-state index in [1.807, 2.05) is 0 Å². The molecule has 26 heavy (non-hydrogen) atoms. The third kappa shape index (κ3) is 3.23. The fourth-order valence-corrected chi connectivity index (χ4v) is 4.44. The third-order valence-corrected chi connectivity index (χ3v) is 6.11. The molecule has 2 aromatic rings. The van der Waals surface area contributed by atoms with Crippen LogP contribution in [0, 0.1) is 20.8 Å². The number of rotatable bonds is 4. The van der Waals surface area contributed by atoms with Crippen LogP contribution in [0.5, 0.6) is 0 Å². The first kappa shape index (κ1) is 18.8. The van der Waals surface area contributed by atoms with E-state index in [2.05, 4.69) is 85.4 Å². The minimum absolute atomic E-state index is 0.287. The number of benzene rings is 2. The molecule has 0 amide bonds. The monoisotopic (exact) mass is 349 g/mol. The minimum atomic E-state index is 0.287. The van der Waals surface area contributed by atoms with E-state index in [0.717, 1.165) is 10.2 Å². The van der Waals surface area contributed by atoms with Gasteiger partial charge in [-0.05, 0) is 74.4 Å². The number of quaternary nitrogens is 1. The molecule has 0 radical (unpaired) electrons. The third-order valence-electron chi connectivity index (χ3n) is 6.11. The van der Waals surface area contributed by atoms with Gasteiger partial charge in [-0.25, -0.2) is 4.99 Å². The number of aliphatic imine (C=N–C) groups is 1. The molecule has 0 spiro atoms. The lowest BCUT2D eigenvalue weighted by Crippen LogP contribution is -2.44. The van der Waals surface area contributed by atoms with Crippen molar-refractivity contribution < 1.29 is 4.48 Å². The first-order valence-electron chi connectivity index (χ1n) is 9.88. The van der Waals surface area contributed by atoms with Gasteiger partial charge in [0.05, 0.1) is 19.8 Å². The largest absolute Gasteiger partial charge is 0.276 e. The van der Waals surface area contributed by atoms with Gasteiger partial charge in [0, 0.05) is 11.1 Å². The Morgan fingerprint density at radius 3 is 2.31 bits per heavy atom. The molecule has 3 rings (SSSR count). The number of nitrogens with zero attached hydrogens (tertiary/aromatic N) is 2. The highest BCUT2D eigenvalue weighted by atomic mass is 15.4. The number of hydrogen-bond acceptors (Lipinski definition) is 1. The van der Waals surface area contributed by atoms with Crippen molar-refractivity contribution in [3.8, 4) is 0 Å². The first-order chi connectivity index (χ1) is 12.3. The Morgan fingerprint density at radius 2 is 1.65 bits per heavy atom. The molecule has 0 N–H and O–H groups in total. The summed E-state index contributed by atoms with van der Waals surface area (Å²) in [5.41, 5.74) is 9.50. The van der Waals surface area contributed by atoms with Crippen molar-refractivity contribution in [1.29, 1.82) is 0 Å². The molecule has 0 aromatic heterocycles. The van der Waals surface area contributed by atoms with Crippen LogP contribution in [0.4, 0.5) is 5.69 Å². The zero-order chi connectivity index (χ0) is 19.1. The second kappa shape index (κ2) is 7.00. The van der Waals surface area contributed by atoms with E-state index in [9.17, 15) is 0 Å². The quantitative estimate of drug-likeness (QED) is 0.570. The van der Waals surface area contributed by atoms with Crippen LogP contribution in [-0.4, -0.2) is 24.9 Å². The Hall–Kier alpha value is -1.93. The molecule has 2 aromatic carbocycles. The maximum absolute atomic E-state index is 4.80. The molecule has 0 aliphatic carbocycles. The van der Waals surface area contributed by atoms with Crippen molar-refractivity contribution in [2.75, 3.05) is 14.1 Å². The Morgan fingerprint density at radius 1 is 0.962 bits per heavy atom. The molecular formula is C24H33N2+. The number of aryl methyl sites for hydroxylation is 2. The lowest BCUT2D eigenvalue weighted by molar-refractivity contribution is -0.821. The van der Waals surface area contributed by atoms with Gasteiger partial charge in [-0.15, -0.1) is 0 Å². The van der Waals surface area contributed by atoms with Crippen molar-refractivity contribution in [3.63, 3.8) is 0 Å². The van der Waals surface area contributed by atoms with Crippen molar-refractivity contribution >= 4 is 12.0 Å². The van der Waals surface area contributed by atoms with Crippen LogP contribution in [0.15, 0.2) is 35.3 Å². The number of fused-ring (bicyclic) bond motifs is 1. The van der Waals surface area contributed by atoms with Crippen molar-refractivity contribution in [3.05, 3.63) is 63.7 Å². The van der Waals surface area contributed by atoms with Crippen LogP contribution in [0.3, 0.4) is 0 Å². The van der Waals surface area contributed by atoms with E-state index < -0.39 is 0 Å². The fraction of sp³-hybridized carbons (Fsp3) is 0.458. The second-order valence-electron chi connectivity index (χ2n) is 8.40. The van der Waals surface area contributed by atoms with Crippen molar-refractivity contribution in [1.82, 2.24) is 0 Å². The lowest BCUT2D eigenvalue weighted by Gasteiger charge is -2.38. The molecule has 0 saturated carbocycles. The molecule has 0 saturated heterocycles. The van der Waals surface area contributed by atoms with Crippen LogP contribution in [0.1, 0.15) is 72.0 Å². The van der Waals surface area contributed by atoms with Gasteiger partial charge in [0.2, 0.25) is 0 Å². The average molecular weight is 350 g/mol. The zero-order valence-electron chi connectivity index (χ0n) is 17.4. The Labute approximate surface area is 159 Å². The number of hydrogen-bond donors (Lipinski definition) is 0. The van der Waals surface area contributed by atoms with Crippen LogP contribution >= 0.6 is 0 Å². The first-order valence-corrected chi connectivity index (χ1v) is 9.88. The summed E-state index contributed by atoms with van der Waals surface area (Å²) < 4.78 is 0.753. The summed E-state index contributed by atoms with van der Waals surface area (Å²) in [5.74, 6) is 0.628. The Balaban J connectivity index is 2.23. The van der Waals surface area contributed by atoms with Gasteiger partial charge >= 0.3 is 0 Å². The van der Waals surface area contributed by atoms with E-state index >= 15 is 0 Å². The summed E-state index contributed by atoms with van der Waals surface area (Å²) >= 11 is 0. The SMILES string of the molecule is CCC(CC)c1ccc2c(c1)C(c1cc(C)cc(C)c1C)[N+](C)(C)C=N2. The maximum atomic E-state index is 4.80. The van der Waals surface area contributed by atoms with Gasteiger partial charge < -0.3 is 0 Å².